The zero-order chi connectivity index (χ0) is 21.2. The number of rotatable bonds is 4. The van der Waals surface area contributed by atoms with Gasteiger partial charge in [0.2, 0.25) is 0 Å². The Labute approximate surface area is 181 Å². The third-order valence-corrected chi connectivity index (χ3v) is 6.77. The highest BCUT2D eigenvalue weighted by Crippen LogP contribution is 2.61. The smallest absolute Gasteiger partial charge is 0.166 e. The van der Waals surface area contributed by atoms with Crippen molar-refractivity contribution >= 4 is 6.08 Å². The largest absolute Gasteiger partial charge is 0.504 e. The van der Waals surface area contributed by atoms with Gasteiger partial charge in [-0.05, 0) is 59.0 Å². The van der Waals surface area contributed by atoms with Gasteiger partial charge in [-0.25, -0.2) is 0 Å². The molecule has 0 spiro atoms. The van der Waals surface area contributed by atoms with Crippen molar-refractivity contribution in [1.82, 2.24) is 4.90 Å². The van der Waals surface area contributed by atoms with Crippen molar-refractivity contribution in [1.29, 1.82) is 0 Å². The van der Waals surface area contributed by atoms with Crippen molar-refractivity contribution in [2.24, 2.45) is 0 Å². The first-order chi connectivity index (χ1) is 15.1. The van der Waals surface area contributed by atoms with Gasteiger partial charge in [-0.2, -0.15) is 0 Å². The highest BCUT2D eigenvalue weighted by molar-refractivity contribution is 5.87. The summed E-state index contributed by atoms with van der Waals surface area (Å²) in [5, 5.41) is 11.1. The number of methoxy groups -OCH3 is 1. The van der Waals surface area contributed by atoms with Crippen LogP contribution in [0.2, 0.25) is 0 Å². The molecule has 1 saturated heterocycles. The van der Waals surface area contributed by atoms with E-state index in [1.165, 1.54) is 0 Å². The van der Waals surface area contributed by atoms with Crippen LogP contribution in [0.15, 0.2) is 60.8 Å². The molecule has 31 heavy (non-hydrogen) atoms. The molecule has 3 aromatic rings. The molecule has 2 heterocycles. The average Bonchev–Trinajstić information content (AvgIpc) is 3.15. The Balaban J connectivity index is 1.51. The molecule has 0 saturated carbocycles. The van der Waals surface area contributed by atoms with Crippen LogP contribution in [0, 0.1) is 0 Å². The molecule has 6 rings (SSSR count). The van der Waals surface area contributed by atoms with Crippen molar-refractivity contribution in [2.45, 2.75) is 25.2 Å². The minimum absolute atomic E-state index is 0.160. The molecule has 1 fully saturated rings. The van der Waals surface area contributed by atoms with E-state index < -0.39 is 5.54 Å². The molecule has 1 N–H and O–H groups in total. The molecule has 0 amide bonds. The summed E-state index contributed by atoms with van der Waals surface area (Å²) < 4.78 is 17.9. The fourth-order valence-corrected chi connectivity index (χ4v) is 5.22. The lowest BCUT2D eigenvalue weighted by Crippen LogP contribution is -2.43. The number of ether oxygens (including phenoxy) is 3. The predicted molar refractivity (Wildman–Crippen MR) is 118 cm³/mol. The molecule has 5 heteroatoms. The van der Waals surface area contributed by atoms with Crippen LogP contribution in [0.1, 0.15) is 35.3 Å². The second-order valence-electron chi connectivity index (χ2n) is 8.40. The van der Waals surface area contributed by atoms with Crippen LogP contribution in [0.5, 0.6) is 17.2 Å². The summed E-state index contributed by atoms with van der Waals surface area (Å²) in [5.41, 5.74) is 5.64. The van der Waals surface area contributed by atoms with Gasteiger partial charge in [0.15, 0.2) is 11.5 Å². The number of aromatic hydroxyl groups is 1. The maximum absolute atomic E-state index is 11.1. The first kappa shape index (κ1) is 18.3. The summed E-state index contributed by atoms with van der Waals surface area (Å²) in [6.07, 6.45) is 3.98. The van der Waals surface area contributed by atoms with E-state index >= 15 is 0 Å². The van der Waals surface area contributed by atoms with Crippen LogP contribution in [-0.4, -0.2) is 23.8 Å². The van der Waals surface area contributed by atoms with Crippen LogP contribution in [0.25, 0.3) is 17.2 Å². The summed E-state index contributed by atoms with van der Waals surface area (Å²) in [6, 6.07) is 18.1. The molecule has 0 unspecified atom stereocenters. The molecular formula is C26H23NO4. The lowest BCUT2D eigenvalue weighted by Gasteiger charge is -2.45. The lowest BCUT2D eigenvalue weighted by atomic mass is 9.69. The van der Waals surface area contributed by atoms with Crippen LogP contribution in [-0.2, 0) is 16.9 Å². The summed E-state index contributed by atoms with van der Waals surface area (Å²) in [7, 11) is 1.58. The average molecular weight is 413 g/mol. The Morgan fingerprint density at radius 1 is 1.16 bits per heavy atom. The van der Waals surface area contributed by atoms with Gasteiger partial charge >= 0.3 is 0 Å². The van der Waals surface area contributed by atoms with Gasteiger partial charge in [-0.1, -0.05) is 36.4 Å². The molecule has 3 aromatic carbocycles. The maximum Gasteiger partial charge on any atom is 0.166 e. The first-order valence-corrected chi connectivity index (χ1v) is 10.4. The van der Waals surface area contributed by atoms with Gasteiger partial charge in [-0.15, -0.1) is 0 Å². The molecular weight excluding hydrogens is 390 g/mol. The molecule has 5 nitrogen and oxygen atoms in total. The third-order valence-electron chi connectivity index (χ3n) is 6.77. The third kappa shape index (κ3) is 2.47. The predicted octanol–water partition coefficient (Wildman–Crippen LogP) is 5.19. The lowest BCUT2D eigenvalue weighted by molar-refractivity contribution is 0.0814. The number of hydrogen-bond acceptors (Lipinski definition) is 5. The van der Waals surface area contributed by atoms with E-state index in [4.69, 9.17) is 14.2 Å². The van der Waals surface area contributed by atoms with Crippen LogP contribution < -0.4 is 9.47 Å². The summed E-state index contributed by atoms with van der Waals surface area (Å²) >= 11 is 0. The fraction of sp³-hybridized carbons (Fsp3) is 0.231. The standard InChI is InChI=1S/C26H23NO4/c1-26-23-17-10-11-27(26)15-31-25(26)20-13-18(30-14-16-6-4-3-5-7-16)8-9-19(20)22(23)24(28)21(12-17)29-2/h3-13,25,28H,14-15H2,1-2H3/t25-,26-/m0/s1. The van der Waals surface area contributed by atoms with Crippen molar-refractivity contribution in [3.8, 4) is 28.4 Å². The Morgan fingerprint density at radius 3 is 2.81 bits per heavy atom. The van der Waals surface area contributed by atoms with E-state index in [9.17, 15) is 5.11 Å². The highest BCUT2D eigenvalue weighted by Gasteiger charge is 2.54. The zero-order valence-electron chi connectivity index (χ0n) is 17.5. The number of phenolic OH excluding ortho intramolecular Hbond substituents is 1. The van der Waals surface area contributed by atoms with Gasteiger partial charge in [0.25, 0.3) is 0 Å². The van der Waals surface area contributed by atoms with Gasteiger partial charge in [0, 0.05) is 11.8 Å². The molecule has 3 aliphatic rings. The van der Waals surface area contributed by atoms with Crippen molar-refractivity contribution in [2.75, 3.05) is 13.8 Å². The van der Waals surface area contributed by atoms with Gasteiger partial charge in [0.05, 0.1) is 12.6 Å². The monoisotopic (exact) mass is 413 g/mol. The normalized spacial score (nSPS) is 22.1. The zero-order valence-corrected chi connectivity index (χ0v) is 17.5. The molecule has 2 atom stereocenters. The van der Waals surface area contributed by atoms with E-state index in [0.29, 0.717) is 19.1 Å². The number of benzene rings is 3. The fourth-order valence-electron chi connectivity index (χ4n) is 5.22. The molecule has 156 valence electrons. The van der Waals surface area contributed by atoms with Crippen molar-refractivity contribution in [3.63, 3.8) is 0 Å². The molecule has 0 aromatic heterocycles. The number of fused-ring (bicyclic) bond motifs is 3. The first-order valence-electron chi connectivity index (χ1n) is 10.4. The second kappa shape index (κ2) is 6.53. The van der Waals surface area contributed by atoms with E-state index in [0.717, 1.165) is 39.1 Å². The molecule has 2 aliphatic heterocycles. The minimum Gasteiger partial charge on any atom is -0.504 e. The minimum atomic E-state index is -0.409. The van der Waals surface area contributed by atoms with E-state index in [1.807, 2.05) is 48.5 Å². The highest BCUT2D eigenvalue weighted by atomic mass is 16.5. The van der Waals surface area contributed by atoms with E-state index in [1.54, 1.807) is 7.11 Å². The second-order valence-corrected chi connectivity index (χ2v) is 8.40. The number of phenols is 1. The quantitative estimate of drug-likeness (QED) is 0.638. The summed E-state index contributed by atoms with van der Waals surface area (Å²) in [4.78, 5) is 2.20. The van der Waals surface area contributed by atoms with Crippen molar-refractivity contribution in [3.05, 3.63) is 83.1 Å². The van der Waals surface area contributed by atoms with Crippen molar-refractivity contribution < 1.29 is 19.3 Å². The van der Waals surface area contributed by atoms with Gasteiger partial charge in [-0.3, -0.25) is 0 Å². The molecule has 0 radical (unpaired) electrons. The van der Waals surface area contributed by atoms with E-state index in [-0.39, 0.29) is 11.9 Å². The Hall–Kier alpha value is -3.44. The molecule has 0 bridgehead atoms. The number of hydrogen-bond donors (Lipinski definition) is 1. The van der Waals surface area contributed by atoms with Gasteiger partial charge in [0.1, 0.15) is 25.2 Å². The van der Waals surface area contributed by atoms with Crippen LogP contribution in [0.4, 0.5) is 0 Å². The molecule has 1 aliphatic carbocycles. The summed E-state index contributed by atoms with van der Waals surface area (Å²) in [6.45, 7) is 3.18. The maximum atomic E-state index is 11.1. The van der Waals surface area contributed by atoms with E-state index in [2.05, 4.69) is 30.2 Å². The van der Waals surface area contributed by atoms with Crippen LogP contribution >= 0.6 is 0 Å². The number of nitrogens with zero attached hydrogens (tertiary/aromatic N) is 1. The Bertz CT molecular complexity index is 1220. The Kier molecular flexibility index (Phi) is 3.86. The SMILES string of the molecule is COc1cc2c3c(c1O)-c1ccc(OCc4ccccc4)cc1[C@@H]1OCN(C=C2)[C@@]31C. The topological polar surface area (TPSA) is 51.2 Å². The van der Waals surface area contributed by atoms with Gasteiger partial charge < -0.3 is 24.2 Å². The Morgan fingerprint density at radius 2 is 2.00 bits per heavy atom. The van der Waals surface area contributed by atoms with Crippen LogP contribution in [0.3, 0.4) is 0 Å². The summed E-state index contributed by atoms with van der Waals surface area (Å²) in [5.74, 6) is 1.43.